The van der Waals surface area contributed by atoms with Gasteiger partial charge < -0.3 is 25.0 Å². The fourth-order valence-corrected chi connectivity index (χ4v) is 7.28. The van der Waals surface area contributed by atoms with E-state index in [-0.39, 0.29) is 24.2 Å². The van der Waals surface area contributed by atoms with Crippen LogP contribution in [0.5, 0.6) is 0 Å². The number of hydrogen-bond donors (Lipinski definition) is 2. The number of rotatable bonds is 9. The minimum Gasteiger partial charge on any atom is -0.396 e. The molecule has 0 aliphatic carbocycles. The van der Waals surface area contributed by atoms with Crippen LogP contribution in [0.1, 0.15) is 37.7 Å². The summed E-state index contributed by atoms with van der Waals surface area (Å²) in [6.45, 7) is 6.20. The summed E-state index contributed by atoms with van der Waals surface area (Å²) in [6.07, 6.45) is 8.74. The molecule has 3 saturated heterocycles. The van der Waals surface area contributed by atoms with Gasteiger partial charge in [-0.15, -0.1) is 0 Å². The molecule has 3 aliphatic rings. The van der Waals surface area contributed by atoms with Crippen LogP contribution in [0.4, 0.5) is 23.3 Å². The van der Waals surface area contributed by atoms with Crippen molar-refractivity contribution in [2.75, 3.05) is 66.5 Å². The molecule has 0 saturated carbocycles. The molecular formula is C29H38N6O4S. The number of nitrogens with zero attached hydrogens (tertiary/aromatic N) is 5. The zero-order chi connectivity index (χ0) is 27.9. The highest BCUT2D eigenvalue weighted by molar-refractivity contribution is 7.90. The number of aromatic nitrogens is 3. The van der Waals surface area contributed by atoms with Gasteiger partial charge in [0.15, 0.2) is 0 Å². The van der Waals surface area contributed by atoms with Gasteiger partial charge in [0, 0.05) is 81.0 Å². The summed E-state index contributed by atoms with van der Waals surface area (Å²) in [7, 11) is -3.00. The second-order valence-electron chi connectivity index (χ2n) is 11.6. The van der Waals surface area contributed by atoms with Crippen molar-refractivity contribution in [1.82, 2.24) is 15.0 Å². The first-order chi connectivity index (χ1) is 19.3. The average molecular weight is 567 g/mol. The molecule has 3 aliphatic heterocycles. The molecule has 0 bridgehead atoms. The highest BCUT2D eigenvalue weighted by Crippen LogP contribution is 2.37. The summed E-state index contributed by atoms with van der Waals surface area (Å²) in [5.41, 5.74) is 2.08. The second-order valence-corrected chi connectivity index (χ2v) is 13.8. The molecule has 2 atom stereocenters. The van der Waals surface area contributed by atoms with Gasteiger partial charge in [-0.25, -0.2) is 18.4 Å². The minimum atomic E-state index is -3.00. The first-order valence-electron chi connectivity index (χ1n) is 14.2. The summed E-state index contributed by atoms with van der Waals surface area (Å²) in [5.74, 6) is 3.01. The van der Waals surface area contributed by atoms with Crippen molar-refractivity contribution in [3.63, 3.8) is 0 Å². The van der Waals surface area contributed by atoms with Gasteiger partial charge in [0.1, 0.15) is 21.5 Å². The van der Waals surface area contributed by atoms with E-state index in [0.717, 1.165) is 60.5 Å². The van der Waals surface area contributed by atoms with Gasteiger partial charge >= 0.3 is 0 Å². The van der Waals surface area contributed by atoms with Crippen molar-refractivity contribution in [2.45, 2.75) is 38.2 Å². The van der Waals surface area contributed by atoms with Crippen LogP contribution in [0.15, 0.2) is 36.7 Å². The van der Waals surface area contributed by atoms with E-state index >= 15 is 0 Å². The number of benzene rings is 1. The van der Waals surface area contributed by atoms with Gasteiger partial charge in [-0.1, -0.05) is 13.0 Å². The molecule has 3 fully saturated rings. The van der Waals surface area contributed by atoms with Gasteiger partial charge in [0.2, 0.25) is 5.95 Å². The molecule has 0 radical (unpaired) electrons. The summed E-state index contributed by atoms with van der Waals surface area (Å²) < 4.78 is 29.1. The summed E-state index contributed by atoms with van der Waals surface area (Å²) in [5, 5.41) is 15.3. The highest BCUT2D eigenvalue weighted by Gasteiger charge is 2.32. The Bertz CT molecular complexity index is 1470. The molecule has 1 unspecified atom stereocenters. The first-order valence-corrected chi connectivity index (χ1v) is 16.3. The smallest absolute Gasteiger partial charge is 0.227 e. The van der Waals surface area contributed by atoms with E-state index in [4.69, 9.17) is 14.7 Å². The number of hydrogen-bond acceptors (Lipinski definition) is 10. The number of pyridine rings is 1. The molecule has 2 N–H and O–H groups in total. The van der Waals surface area contributed by atoms with Crippen molar-refractivity contribution in [3.8, 4) is 0 Å². The van der Waals surface area contributed by atoms with Crippen LogP contribution in [0.25, 0.3) is 10.8 Å². The normalized spacial score (nSPS) is 21.2. The average Bonchev–Trinajstić information content (AvgIpc) is 2.89. The van der Waals surface area contributed by atoms with E-state index in [0.29, 0.717) is 36.7 Å². The SMILES string of the molecule is C[C@H](CO)c1ccc(N2CC(CS(C)(=O)=O)C2)c2cnc(Nc3ccnc(N4CCC(C5CCO5)CC4)n3)cc12. The van der Waals surface area contributed by atoms with Gasteiger partial charge in [0.05, 0.1) is 11.9 Å². The van der Waals surface area contributed by atoms with Gasteiger partial charge in [0.25, 0.3) is 0 Å². The van der Waals surface area contributed by atoms with E-state index in [9.17, 15) is 13.5 Å². The number of anilines is 4. The zero-order valence-corrected chi connectivity index (χ0v) is 24.0. The van der Waals surface area contributed by atoms with Crippen LogP contribution >= 0.6 is 0 Å². The van der Waals surface area contributed by atoms with Gasteiger partial charge in [-0.2, -0.15) is 4.98 Å². The fourth-order valence-electron chi connectivity index (χ4n) is 6.22. The number of ether oxygens (including phenoxy) is 1. The molecule has 11 heteroatoms. The van der Waals surface area contributed by atoms with Crippen LogP contribution < -0.4 is 15.1 Å². The van der Waals surface area contributed by atoms with E-state index in [1.54, 1.807) is 6.20 Å². The predicted octanol–water partition coefficient (Wildman–Crippen LogP) is 3.35. The number of nitrogens with one attached hydrogen (secondary N) is 1. The van der Waals surface area contributed by atoms with Crippen molar-refractivity contribution in [1.29, 1.82) is 0 Å². The summed E-state index contributed by atoms with van der Waals surface area (Å²) in [4.78, 5) is 18.5. The van der Waals surface area contributed by atoms with Crippen LogP contribution in [-0.2, 0) is 14.6 Å². The largest absolute Gasteiger partial charge is 0.396 e. The van der Waals surface area contributed by atoms with E-state index < -0.39 is 9.84 Å². The first kappa shape index (κ1) is 27.2. The third kappa shape index (κ3) is 5.73. The molecule has 40 heavy (non-hydrogen) atoms. The standard InChI is InChI=1S/C29H38N6O4S/c1-19(17-36)22-3-4-25(35-15-20(16-35)18-40(2,37)38)24-14-31-28(13-23(22)24)32-27-5-9-30-29(33-27)34-10-6-21(7-11-34)26-8-12-39-26/h3-5,9,13-14,19-21,26,36H,6-8,10-12,15-18H2,1-2H3,(H,30,31,32,33)/t19-,26?/m1/s1. The molecule has 214 valence electrons. The lowest BCUT2D eigenvalue weighted by Crippen LogP contribution is -2.49. The van der Waals surface area contributed by atoms with E-state index in [2.05, 4.69) is 32.2 Å². The predicted molar refractivity (Wildman–Crippen MR) is 157 cm³/mol. The molecule has 2 aromatic heterocycles. The van der Waals surface area contributed by atoms with Crippen LogP contribution in [0.2, 0.25) is 0 Å². The number of aliphatic hydroxyl groups is 1. The zero-order valence-electron chi connectivity index (χ0n) is 23.2. The molecular weight excluding hydrogens is 528 g/mol. The van der Waals surface area contributed by atoms with Crippen molar-refractivity contribution in [2.24, 2.45) is 11.8 Å². The third-order valence-electron chi connectivity index (χ3n) is 8.53. The Hall–Kier alpha value is -3.02. The topological polar surface area (TPSA) is 121 Å². The third-order valence-corrected chi connectivity index (χ3v) is 9.61. The maximum atomic E-state index is 11.7. The number of sulfone groups is 1. The van der Waals surface area contributed by atoms with Crippen molar-refractivity contribution < 1.29 is 18.3 Å². The highest BCUT2D eigenvalue weighted by atomic mass is 32.2. The molecule has 6 rings (SSSR count). The maximum Gasteiger partial charge on any atom is 0.227 e. The Morgan fingerprint density at radius 1 is 1.07 bits per heavy atom. The molecule has 5 heterocycles. The van der Waals surface area contributed by atoms with Crippen LogP contribution in [-0.4, -0.2) is 86.0 Å². The van der Waals surface area contributed by atoms with E-state index in [1.807, 2.05) is 25.3 Å². The van der Waals surface area contributed by atoms with Gasteiger partial charge in [-0.05, 0) is 54.3 Å². The van der Waals surface area contributed by atoms with Crippen LogP contribution in [0.3, 0.4) is 0 Å². The molecule has 10 nitrogen and oxygen atoms in total. The summed E-state index contributed by atoms with van der Waals surface area (Å²) >= 11 is 0. The van der Waals surface area contributed by atoms with Crippen molar-refractivity contribution >= 4 is 43.9 Å². The molecule has 3 aromatic rings. The van der Waals surface area contributed by atoms with E-state index in [1.165, 1.54) is 12.7 Å². The summed E-state index contributed by atoms with van der Waals surface area (Å²) in [6, 6.07) is 7.99. The number of aliphatic hydroxyl groups excluding tert-OH is 1. The van der Waals surface area contributed by atoms with Crippen molar-refractivity contribution in [3.05, 3.63) is 42.2 Å². The Morgan fingerprint density at radius 3 is 2.52 bits per heavy atom. The Kier molecular flexibility index (Phi) is 7.54. The molecule has 0 spiro atoms. The monoisotopic (exact) mass is 566 g/mol. The molecule has 0 amide bonds. The number of fused-ring (bicyclic) bond motifs is 1. The van der Waals surface area contributed by atoms with Gasteiger partial charge in [-0.3, -0.25) is 0 Å². The lowest BCUT2D eigenvalue weighted by atomic mass is 9.88. The van der Waals surface area contributed by atoms with Crippen LogP contribution in [0, 0.1) is 11.8 Å². The fraction of sp³-hybridized carbons (Fsp3) is 0.552. The quantitative estimate of drug-likeness (QED) is 0.399. The number of piperidine rings is 1. The Morgan fingerprint density at radius 2 is 1.85 bits per heavy atom. The Labute approximate surface area is 235 Å². The lowest BCUT2D eigenvalue weighted by molar-refractivity contribution is -0.0894. The molecule has 1 aromatic carbocycles. The maximum absolute atomic E-state index is 11.7. The second kappa shape index (κ2) is 11.1. The minimum absolute atomic E-state index is 0.0402. The lowest BCUT2D eigenvalue weighted by Gasteiger charge is -2.41. The Balaban J connectivity index is 1.21.